The van der Waals surface area contributed by atoms with Crippen molar-refractivity contribution in [2.75, 3.05) is 0 Å². The van der Waals surface area contributed by atoms with E-state index in [1.807, 2.05) is 24.5 Å². The van der Waals surface area contributed by atoms with Gasteiger partial charge >= 0.3 is 0 Å². The summed E-state index contributed by atoms with van der Waals surface area (Å²) in [4.78, 5) is 2.95. The van der Waals surface area contributed by atoms with Crippen molar-refractivity contribution >= 4 is 10.8 Å². The second kappa shape index (κ2) is 2.23. The van der Waals surface area contributed by atoms with Gasteiger partial charge in [-0.1, -0.05) is 6.07 Å². The Balaban J connectivity index is 2.83. The Kier molecular flexibility index (Phi) is 1.25. The SMILES string of the molecule is Oc1ccc2cc[nH+]cc2c1. The number of pyridine rings is 1. The van der Waals surface area contributed by atoms with Gasteiger partial charge in [-0.3, -0.25) is 0 Å². The predicted molar refractivity (Wildman–Crippen MR) is 42.2 cm³/mol. The van der Waals surface area contributed by atoms with Crippen molar-refractivity contribution in [3.05, 3.63) is 36.7 Å². The van der Waals surface area contributed by atoms with Crippen molar-refractivity contribution in [2.45, 2.75) is 0 Å². The summed E-state index contributed by atoms with van der Waals surface area (Å²) in [6.07, 6.45) is 3.72. The molecule has 0 bridgehead atoms. The molecule has 0 atom stereocenters. The summed E-state index contributed by atoms with van der Waals surface area (Å²) in [5, 5.41) is 11.3. The Morgan fingerprint density at radius 3 is 2.91 bits per heavy atom. The first-order chi connectivity index (χ1) is 5.36. The van der Waals surface area contributed by atoms with Crippen molar-refractivity contribution in [3.63, 3.8) is 0 Å². The highest BCUT2D eigenvalue weighted by Gasteiger charge is 1.95. The fraction of sp³-hybridized carbons (Fsp3) is 0. The van der Waals surface area contributed by atoms with Crippen LogP contribution in [0.1, 0.15) is 0 Å². The standard InChI is InChI=1S/C9H7NO/c11-9-2-1-7-3-4-10-6-8(7)5-9/h1-6,11H/p+1. The van der Waals surface area contributed by atoms with E-state index in [-0.39, 0.29) is 0 Å². The van der Waals surface area contributed by atoms with E-state index < -0.39 is 0 Å². The van der Waals surface area contributed by atoms with Gasteiger partial charge in [0.2, 0.25) is 0 Å². The Hall–Kier alpha value is -1.57. The fourth-order valence-corrected chi connectivity index (χ4v) is 1.11. The van der Waals surface area contributed by atoms with Gasteiger partial charge in [-0.15, -0.1) is 0 Å². The lowest BCUT2D eigenvalue weighted by Crippen LogP contribution is -1.96. The zero-order chi connectivity index (χ0) is 7.68. The van der Waals surface area contributed by atoms with Crippen molar-refractivity contribution in [2.24, 2.45) is 0 Å². The van der Waals surface area contributed by atoms with Gasteiger partial charge in [0, 0.05) is 11.5 Å². The number of H-pyrrole nitrogens is 1. The average molecular weight is 146 g/mol. The Labute approximate surface area is 64.1 Å². The predicted octanol–water partition coefficient (Wildman–Crippen LogP) is 1.36. The van der Waals surface area contributed by atoms with Gasteiger partial charge in [-0.2, -0.15) is 0 Å². The molecule has 0 amide bonds. The van der Waals surface area contributed by atoms with Crippen LogP contribution < -0.4 is 4.98 Å². The maximum absolute atomic E-state index is 9.12. The first kappa shape index (κ1) is 6.16. The Morgan fingerprint density at radius 1 is 1.09 bits per heavy atom. The highest BCUT2D eigenvalue weighted by Crippen LogP contribution is 2.16. The van der Waals surface area contributed by atoms with Crippen LogP contribution in [0.2, 0.25) is 0 Å². The quantitative estimate of drug-likeness (QED) is 0.598. The summed E-state index contributed by atoms with van der Waals surface area (Å²) in [6.45, 7) is 0. The number of phenolic OH excluding ortho intramolecular Hbond substituents is 1. The van der Waals surface area contributed by atoms with E-state index in [1.165, 1.54) is 0 Å². The van der Waals surface area contributed by atoms with Gasteiger partial charge in [0.25, 0.3) is 0 Å². The number of aromatic hydroxyl groups is 1. The molecular weight excluding hydrogens is 138 g/mol. The van der Waals surface area contributed by atoms with Crippen molar-refractivity contribution in [1.82, 2.24) is 0 Å². The molecule has 0 unspecified atom stereocenters. The van der Waals surface area contributed by atoms with Crippen molar-refractivity contribution in [1.29, 1.82) is 0 Å². The fourth-order valence-electron chi connectivity index (χ4n) is 1.11. The van der Waals surface area contributed by atoms with Crippen LogP contribution in [0.15, 0.2) is 36.7 Å². The van der Waals surface area contributed by atoms with E-state index in [9.17, 15) is 0 Å². The molecule has 2 N–H and O–H groups in total. The molecule has 0 radical (unpaired) electrons. The second-order valence-corrected chi connectivity index (χ2v) is 2.46. The molecule has 2 nitrogen and oxygen atoms in total. The highest BCUT2D eigenvalue weighted by atomic mass is 16.3. The van der Waals surface area contributed by atoms with Crippen LogP contribution >= 0.6 is 0 Å². The summed E-state index contributed by atoms with van der Waals surface area (Å²) >= 11 is 0. The summed E-state index contributed by atoms with van der Waals surface area (Å²) in [5.74, 6) is 0.303. The molecule has 1 aromatic carbocycles. The minimum Gasteiger partial charge on any atom is -0.508 e. The molecule has 1 aromatic heterocycles. The lowest BCUT2D eigenvalue weighted by Gasteiger charge is -1.92. The van der Waals surface area contributed by atoms with E-state index >= 15 is 0 Å². The monoisotopic (exact) mass is 146 g/mol. The van der Waals surface area contributed by atoms with Crippen LogP contribution in [0.5, 0.6) is 5.75 Å². The molecule has 0 aliphatic heterocycles. The second-order valence-electron chi connectivity index (χ2n) is 2.46. The topological polar surface area (TPSA) is 34.4 Å². The Morgan fingerprint density at radius 2 is 2.00 bits per heavy atom. The summed E-state index contributed by atoms with van der Waals surface area (Å²) < 4.78 is 0. The third kappa shape index (κ3) is 1.03. The summed E-state index contributed by atoms with van der Waals surface area (Å²) in [7, 11) is 0. The van der Waals surface area contributed by atoms with E-state index in [0.717, 1.165) is 10.8 Å². The lowest BCUT2D eigenvalue weighted by molar-refractivity contribution is -0.375. The number of aromatic nitrogens is 1. The average Bonchev–Trinajstić information content (AvgIpc) is 2.04. The van der Waals surface area contributed by atoms with E-state index in [4.69, 9.17) is 5.11 Å². The third-order valence-corrected chi connectivity index (χ3v) is 1.67. The first-order valence-corrected chi connectivity index (χ1v) is 3.45. The Bertz CT molecular complexity index is 384. The number of hydrogen-bond acceptors (Lipinski definition) is 1. The van der Waals surface area contributed by atoms with Crippen LogP contribution in [0.4, 0.5) is 0 Å². The number of benzene rings is 1. The minimum atomic E-state index is 0.303. The largest absolute Gasteiger partial charge is 0.508 e. The maximum Gasteiger partial charge on any atom is 0.175 e. The van der Waals surface area contributed by atoms with E-state index in [2.05, 4.69) is 4.98 Å². The van der Waals surface area contributed by atoms with Crippen molar-refractivity contribution < 1.29 is 10.1 Å². The number of hydrogen-bond donors (Lipinski definition) is 1. The summed E-state index contributed by atoms with van der Waals surface area (Å²) in [6, 6.07) is 7.27. The van der Waals surface area contributed by atoms with E-state index in [0.29, 0.717) is 5.75 Å². The third-order valence-electron chi connectivity index (χ3n) is 1.67. The van der Waals surface area contributed by atoms with Crippen molar-refractivity contribution in [3.8, 4) is 5.75 Å². The molecule has 11 heavy (non-hydrogen) atoms. The lowest BCUT2D eigenvalue weighted by atomic mass is 10.2. The highest BCUT2D eigenvalue weighted by molar-refractivity contribution is 5.81. The van der Waals surface area contributed by atoms with Gasteiger partial charge in [0.1, 0.15) is 5.75 Å². The number of phenols is 1. The molecule has 0 fully saturated rings. The smallest absolute Gasteiger partial charge is 0.175 e. The molecular formula is C9H8NO+. The molecule has 1 heterocycles. The molecule has 0 saturated carbocycles. The normalized spacial score (nSPS) is 10.2. The van der Waals surface area contributed by atoms with E-state index in [1.54, 1.807) is 12.1 Å². The minimum absolute atomic E-state index is 0.303. The molecule has 0 saturated heterocycles. The summed E-state index contributed by atoms with van der Waals surface area (Å²) in [5.41, 5.74) is 0. The number of aromatic amines is 1. The molecule has 0 aliphatic rings. The first-order valence-electron chi connectivity index (χ1n) is 3.45. The molecule has 0 spiro atoms. The number of rotatable bonds is 0. The van der Waals surface area contributed by atoms with Gasteiger partial charge in [-0.25, -0.2) is 4.98 Å². The van der Waals surface area contributed by atoms with Crippen LogP contribution in [0, 0.1) is 0 Å². The zero-order valence-corrected chi connectivity index (χ0v) is 5.91. The molecule has 2 heteroatoms. The van der Waals surface area contributed by atoms with Gasteiger partial charge in [-0.05, 0) is 17.5 Å². The van der Waals surface area contributed by atoms with Crippen LogP contribution in [0.25, 0.3) is 10.8 Å². The number of fused-ring (bicyclic) bond motifs is 1. The maximum atomic E-state index is 9.12. The number of nitrogens with one attached hydrogen (secondary N) is 1. The van der Waals surface area contributed by atoms with Gasteiger partial charge in [0.15, 0.2) is 12.4 Å². The van der Waals surface area contributed by atoms with Gasteiger partial charge < -0.3 is 5.11 Å². The van der Waals surface area contributed by atoms with Crippen LogP contribution in [-0.4, -0.2) is 5.11 Å². The van der Waals surface area contributed by atoms with Crippen LogP contribution in [0.3, 0.4) is 0 Å². The zero-order valence-electron chi connectivity index (χ0n) is 5.91. The molecule has 2 rings (SSSR count). The van der Waals surface area contributed by atoms with Gasteiger partial charge in [0.05, 0.1) is 0 Å². The van der Waals surface area contributed by atoms with Crippen LogP contribution in [-0.2, 0) is 0 Å². The molecule has 54 valence electrons. The molecule has 2 aromatic rings. The molecule has 0 aliphatic carbocycles.